The van der Waals surface area contributed by atoms with Crippen molar-refractivity contribution in [3.05, 3.63) is 59.1 Å². The van der Waals surface area contributed by atoms with Crippen LogP contribution < -0.4 is 10.6 Å². The average molecular weight is 387 g/mol. The zero-order valence-electron chi connectivity index (χ0n) is 15.2. The predicted octanol–water partition coefficient (Wildman–Crippen LogP) is 3.41. The maximum Gasteiger partial charge on any atom is 0.323 e. The van der Waals surface area contributed by atoms with Gasteiger partial charge in [0, 0.05) is 48.1 Å². The third-order valence-corrected chi connectivity index (χ3v) is 4.75. The van der Waals surface area contributed by atoms with E-state index >= 15 is 0 Å². The number of benzene rings is 2. The van der Waals surface area contributed by atoms with Crippen LogP contribution in [0.2, 0.25) is 5.02 Å². The van der Waals surface area contributed by atoms with Gasteiger partial charge in [0.25, 0.3) is 0 Å². The maximum atomic E-state index is 12.4. The molecule has 0 spiro atoms. The lowest BCUT2D eigenvalue weighted by Crippen LogP contribution is -2.46. The van der Waals surface area contributed by atoms with E-state index < -0.39 is 0 Å². The number of carbonyl (C=O) groups is 2. The number of nitrogens with zero attached hydrogens (tertiary/aromatic N) is 2. The molecule has 1 fully saturated rings. The number of amides is 2. The van der Waals surface area contributed by atoms with E-state index in [1.807, 2.05) is 0 Å². The second-order valence-corrected chi connectivity index (χ2v) is 7.11. The molecule has 7 heteroatoms. The van der Waals surface area contributed by atoms with Crippen LogP contribution >= 0.6 is 11.6 Å². The van der Waals surface area contributed by atoms with Crippen LogP contribution in [0.25, 0.3) is 0 Å². The largest absolute Gasteiger partial charge is 0.323 e. The zero-order valence-corrected chi connectivity index (χ0v) is 16.0. The molecule has 0 aliphatic carbocycles. The molecule has 1 aliphatic rings. The van der Waals surface area contributed by atoms with Gasteiger partial charge in [0.2, 0.25) is 0 Å². The minimum Gasteiger partial charge on any atom is -0.308 e. The lowest BCUT2D eigenvalue weighted by Gasteiger charge is -2.31. The fraction of sp³-hybridized carbons (Fsp3) is 0.300. The van der Waals surface area contributed by atoms with Crippen molar-refractivity contribution in [2.24, 2.45) is 0 Å². The first-order valence-electron chi connectivity index (χ1n) is 8.87. The molecule has 2 amide bonds. The number of piperazine rings is 1. The summed E-state index contributed by atoms with van der Waals surface area (Å²) in [5.74, 6) is 0.0921. The molecule has 0 saturated carbocycles. The molecule has 6 nitrogen and oxygen atoms in total. The van der Waals surface area contributed by atoms with Gasteiger partial charge in [0.1, 0.15) is 0 Å². The zero-order chi connectivity index (χ0) is 19.2. The van der Waals surface area contributed by atoms with Crippen LogP contribution in [0.4, 0.5) is 16.2 Å². The van der Waals surface area contributed by atoms with Gasteiger partial charge in [-0.25, -0.2) is 4.79 Å². The number of carbonyl (C=O) groups excluding carboxylic acids is 2. The lowest BCUT2D eigenvalue weighted by atomic mass is 10.1. The standard InChI is InChI=1S/C20H23ClN4O2/c1-24-9-11-25(12-10-24)14-19(26)15-5-7-17(8-6-15)22-20(27)23-18-4-2-3-16(21)13-18/h2-8,13H,9-12,14H2,1H3,(H2,22,23,27). The van der Waals surface area contributed by atoms with Crippen LogP contribution in [0.3, 0.4) is 0 Å². The Labute approximate surface area is 164 Å². The number of hydrogen-bond donors (Lipinski definition) is 2. The number of ketones is 1. The summed E-state index contributed by atoms with van der Waals surface area (Å²) in [5, 5.41) is 6.01. The van der Waals surface area contributed by atoms with Crippen LogP contribution in [0.1, 0.15) is 10.4 Å². The normalized spacial score (nSPS) is 15.3. The SMILES string of the molecule is CN1CCN(CC(=O)c2ccc(NC(=O)Nc3cccc(Cl)c3)cc2)CC1. The van der Waals surface area contributed by atoms with Gasteiger partial charge in [-0.05, 0) is 49.5 Å². The van der Waals surface area contributed by atoms with E-state index in [0.29, 0.717) is 28.5 Å². The van der Waals surface area contributed by atoms with Gasteiger partial charge in [0.05, 0.1) is 6.54 Å². The van der Waals surface area contributed by atoms with Crippen molar-refractivity contribution in [1.82, 2.24) is 9.80 Å². The smallest absolute Gasteiger partial charge is 0.308 e. The predicted molar refractivity (Wildman–Crippen MR) is 109 cm³/mol. The first-order chi connectivity index (χ1) is 13.0. The minimum absolute atomic E-state index is 0.0921. The molecule has 2 N–H and O–H groups in total. The molecule has 0 bridgehead atoms. The number of urea groups is 1. The molecule has 2 aromatic rings. The fourth-order valence-electron chi connectivity index (χ4n) is 2.90. The van der Waals surface area contributed by atoms with Gasteiger partial charge in [-0.2, -0.15) is 0 Å². The van der Waals surface area contributed by atoms with E-state index in [-0.39, 0.29) is 11.8 Å². The van der Waals surface area contributed by atoms with E-state index in [1.54, 1.807) is 48.5 Å². The Morgan fingerprint density at radius 1 is 0.963 bits per heavy atom. The monoisotopic (exact) mass is 386 g/mol. The van der Waals surface area contributed by atoms with Crippen LogP contribution in [0.5, 0.6) is 0 Å². The van der Waals surface area contributed by atoms with Crippen molar-refractivity contribution in [3.63, 3.8) is 0 Å². The summed E-state index contributed by atoms with van der Waals surface area (Å²) in [7, 11) is 2.09. The highest BCUT2D eigenvalue weighted by atomic mass is 35.5. The Kier molecular flexibility index (Phi) is 6.45. The molecule has 3 rings (SSSR count). The molecule has 0 aromatic heterocycles. The first-order valence-corrected chi connectivity index (χ1v) is 9.25. The summed E-state index contributed by atoms with van der Waals surface area (Å²) < 4.78 is 0. The van der Waals surface area contributed by atoms with Crippen molar-refractivity contribution in [1.29, 1.82) is 0 Å². The molecule has 2 aromatic carbocycles. The van der Waals surface area contributed by atoms with Crippen molar-refractivity contribution >= 4 is 34.8 Å². The van der Waals surface area contributed by atoms with Gasteiger partial charge < -0.3 is 15.5 Å². The molecular formula is C20H23ClN4O2. The van der Waals surface area contributed by atoms with Crippen molar-refractivity contribution in [3.8, 4) is 0 Å². The Hall–Kier alpha value is -2.41. The Morgan fingerprint density at radius 2 is 1.63 bits per heavy atom. The van der Waals surface area contributed by atoms with E-state index in [1.165, 1.54) is 0 Å². The highest BCUT2D eigenvalue weighted by molar-refractivity contribution is 6.30. The molecule has 142 valence electrons. The summed E-state index contributed by atoms with van der Waals surface area (Å²) in [5.41, 5.74) is 1.87. The number of rotatable bonds is 5. The average Bonchev–Trinajstić information content (AvgIpc) is 2.64. The van der Waals surface area contributed by atoms with Crippen LogP contribution in [0.15, 0.2) is 48.5 Å². The summed E-state index contributed by atoms with van der Waals surface area (Å²) >= 11 is 5.90. The third kappa shape index (κ3) is 5.79. The Morgan fingerprint density at radius 3 is 2.30 bits per heavy atom. The van der Waals surface area contributed by atoms with Gasteiger partial charge in [0.15, 0.2) is 5.78 Å². The molecule has 1 saturated heterocycles. The Bertz CT molecular complexity index is 802. The van der Waals surface area contributed by atoms with Crippen molar-refractivity contribution < 1.29 is 9.59 Å². The van der Waals surface area contributed by atoms with Crippen LogP contribution in [-0.2, 0) is 0 Å². The lowest BCUT2D eigenvalue weighted by molar-refractivity contribution is 0.0876. The van der Waals surface area contributed by atoms with E-state index in [2.05, 4.69) is 27.5 Å². The summed E-state index contributed by atoms with van der Waals surface area (Å²) in [6.45, 7) is 4.21. The summed E-state index contributed by atoms with van der Waals surface area (Å²) in [4.78, 5) is 28.9. The van der Waals surface area contributed by atoms with E-state index in [0.717, 1.165) is 26.2 Å². The summed E-state index contributed by atoms with van der Waals surface area (Å²) in [6, 6.07) is 13.5. The molecule has 0 radical (unpaired) electrons. The quantitative estimate of drug-likeness (QED) is 0.773. The highest BCUT2D eigenvalue weighted by Gasteiger charge is 2.17. The van der Waals surface area contributed by atoms with Crippen molar-refractivity contribution in [2.75, 3.05) is 50.4 Å². The highest BCUT2D eigenvalue weighted by Crippen LogP contribution is 2.16. The summed E-state index contributed by atoms with van der Waals surface area (Å²) in [6.07, 6.45) is 0. The number of Topliss-reactive ketones (excluding diaryl/α,β-unsaturated/α-hetero) is 1. The second kappa shape index (κ2) is 8.99. The molecule has 0 unspecified atom stereocenters. The van der Waals surface area contributed by atoms with Gasteiger partial charge in [-0.15, -0.1) is 0 Å². The van der Waals surface area contributed by atoms with Gasteiger partial charge >= 0.3 is 6.03 Å². The number of hydrogen-bond acceptors (Lipinski definition) is 4. The fourth-order valence-corrected chi connectivity index (χ4v) is 3.09. The Balaban J connectivity index is 1.52. The minimum atomic E-state index is -0.367. The van der Waals surface area contributed by atoms with E-state index in [9.17, 15) is 9.59 Å². The first kappa shape index (κ1) is 19.4. The van der Waals surface area contributed by atoms with Crippen molar-refractivity contribution in [2.45, 2.75) is 0 Å². The number of halogens is 1. The molecule has 1 heterocycles. The number of anilines is 2. The van der Waals surface area contributed by atoms with Gasteiger partial charge in [-0.3, -0.25) is 9.69 Å². The maximum absolute atomic E-state index is 12.4. The number of likely N-dealkylation sites (N-methyl/N-ethyl adjacent to an activating group) is 1. The second-order valence-electron chi connectivity index (χ2n) is 6.67. The number of nitrogens with one attached hydrogen (secondary N) is 2. The van der Waals surface area contributed by atoms with Gasteiger partial charge in [-0.1, -0.05) is 17.7 Å². The van der Waals surface area contributed by atoms with E-state index in [4.69, 9.17) is 11.6 Å². The van der Waals surface area contributed by atoms with Crippen LogP contribution in [-0.4, -0.2) is 61.4 Å². The third-order valence-electron chi connectivity index (χ3n) is 4.51. The topological polar surface area (TPSA) is 64.7 Å². The van der Waals surface area contributed by atoms with Crippen LogP contribution in [0, 0.1) is 0 Å². The molecule has 1 aliphatic heterocycles. The molecule has 0 atom stereocenters. The molecule has 27 heavy (non-hydrogen) atoms. The molecular weight excluding hydrogens is 364 g/mol.